The van der Waals surface area contributed by atoms with E-state index < -0.39 is 36.4 Å². The highest BCUT2D eigenvalue weighted by Crippen LogP contribution is 2.25. The fourth-order valence-electron chi connectivity index (χ4n) is 2.62. The fourth-order valence-corrected chi connectivity index (χ4v) is 2.62. The molecule has 1 aromatic rings. The van der Waals surface area contributed by atoms with Crippen LogP contribution in [-0.4, -0.2) is 43.5 Å². The summed E-state index contributed by atoms with van der Waals surface area (Å²) in [4.78, 5) is 22.7. The molecule has 4 atom stereocenters. The summed E-state index contributed by atoms with van der Waals surface area (Å²) in [6, 6.07) is 9.71. The molecule has 1 aliphatic rings. The van der Waals surface area contributed by atoms with Gasteiger partial charge >= 0.3 is 11.9 Å². The van der Waals surface area contributed by atoms with Crippen LogP contribution < -0.4 is 0 Å². The molecule has 0 radical (unpaired) electrons. The summed E-state index contributed by atoms with van der Waals surface area (Å²) in [5.74, 6) is -0.934. The van der Waals surface area contributed by atoms with Gasteiger partial charge in [-0.05, 0) is 11.6 Å². The standard InChI is InChI=1S/C18H22O6/c1-12(19)23-16-10-9-15(17(21-3)18(16)24-13(2)20)22-11-14-7-5-4-6-8-14/h4-10,15-18H,11H2,1-3H3/t15-,16+,17-,18-/m1/s1. The Bertz CT molecular complexity index is 582. The van der Waals surface area contributed by atoms with Crippen molar-refractivity contribution in [3.8, 4) is 0 Å². The number of methoxy groups -OCH3 is 1. The zero-order valence-electron chi connectivity index (χ0n) is 14.0. The van der Waals surface area contributed by atoms with E-state index in [0.717, 1.165) is 5.56 Å². The van der Waals surface area contributed by atoms with Crippen LogP contribution in [0.4, 0.5) is 0 Å². The second kappa shape index (κ2) is 8.61. The van der Waals surface area contributed by atoms with E-state index in [0.29, 0.717) is 6.61 Å². The number of carbonyl (C=O) groups excluding carboxylic acids is 2. The first-order valence-corrected chi connectivity index (χ1v) is 7.72. The summed E-state index contributed by atoms with van der Waals surface area (Å²) in [7, 11) is 1.50. The molecular formula is C18H22O6. The topological polar surface area (TPSA) is 71.1 Å². The lowest BCUT2D eigenvalue weighted by Gasteiger charge is -2.37. The number of rotatable bonds is 6. The van der Waals surface area contributed by atoms with Crippen LogP contribution in [0.3, 0.4) is 0 Å². The van der Waals surface area contributed by atoms with Crippen LogP contribution in [-0.2, 0) is 35.1 Å². The Morgan fingerprint density at radius 3 is 2.12 bits per heavy atom. The highest BCUT2D eigenvalue weighted by atomic mass is 16.6. The largest absolute Gasteiger partial charge is 0.455 e. The van der Waals surface area contributed by atoms with Crippen molar-refractivity contribution in [2.75, 3.05) is 7.11 Å². The highest BCUT2D eigenvalue weighted by Gasteiger charge is 2.41. The molecule has 1 aromatic carbocycles. The summed E-state index contributed by atoms with van der Waals surface area (Å²) < 4.78 is 21.9. The smallest absolute Gasteiger partial charge is 0.303 e. The predicted octanol–water partition coefficient (Wildman–Crippen LogP) is 2.02. The highest BCUT2D eigenvalue weighted by molar-refractivity contribution is 5.67. The minimum absolute atomic E-state index is 0.390. The van der Waals surface area contributed by atoms with E-state index in [2.05, 4.69) is 0 Å². The van der Waals surface area contributed by atoms with Gasteiger partial charge in [-0.3, -0.25) is 9.59 Å². The average Bonchev–Trinajstić information content (AvgIpc) is 2.55. The van der Waals surface area contributed by atoms with Crippen molar-refractivity contribution in [2.24, 2.45) is 0 Å². The molecule has 24 heavy (non-hydrogen) atoms. The fraction of sp³-hybridized carbons (Fsp3) is 0.444. The predicted molar refractivity (Wildman–Crippen MR) is 86.1 cm³/mol. The molecule has 0 heterocycles. The van der Waals surface area contributed by atoms with E-state index in [-0.39, 0.29) is 0 Å². The van der Waals surface area contributed by atoms with E-state index >= 15 is 0 Å². The third-order valence-corrected chi connectivity index (χ3v) is 3.62. The van der Waals surface area contributed by atoms with Crippen LogP contribution in [0.1, 0.15) is 19.4 Å². The van der Waals surface area contributed by atoms with E-state index in [1.54, 1.807) is 12.2 Å². The van der Waals surface area contributed by atoms with Crippen molar-refractivity contribution in [2.45, 2.75) is 44.9 Å². The Labute approximate surface area is 141 Å². The first kappa shape index (κ1) is 18.2. The molecule has 0 spiro atoms. The monoisotopic (exact) mass is 334 g/mol. The number of ether oxygens (including phenoxy) is 4. The first-order valence-electron chi connectivity index (χ1n) is 7.72. The molecule has 6 heteroatoms. The van der Waals surface area contributed by atoms with Crippen molar-refractivity contribution >= 4 is 11.9 Å². The molecular weight excluding hydrogens is 312 g/mol. The van der Waals surface area contributed by atoms with Gasteiger partial charge in [0.1, 0.15) is 12.2 Å². The molecule has 0 aliphatic heterocycles. The van der Waals surface area contributed by atoms with E-state index in [4.69, 9.17) is 18.9 Å². The number of carbonyl (C=O) groups is 2. The Hall–Kier alpha value is -2.18. The minimum Gasteiger partial charge on any atom is -0.455 e. The molecule has 0 saturated heterocycles. The normalized spacial score (nSPS) is 26.0. The van der Waals surface area contributed by atoms with Gasteiger partial charge in [0, 0.05) is 21.0 Å². The molecule has 2 rings (SSSR count). The Morgan fingerprint density at radius 1 is 0.917 bits per heavy atom. The van der Waals surface area contributed by atoms with Crippen LogP contribution >= 0.6 is 0 Å². The maximum Gasteiger partial charge on any atom is 0.303 e. The lowest BCUT2D eigenvalue weighted by molar-refractivity contribution is -0.183. The third-order valence-electron chi connectivity index (χ3n) is 3.62. The van der Waals surface area contributed by atoms with E-state index in [9.17, 15) is 9.59 Å². The van der Waals surface area contributed by atoms with Crippen LogP contribution in [0.25, 0.3) is 0 Å². The molecule has 0 saturated carbocycles. The maximum atomic E-state index is 11.4. The van der Waals surface area contributed by atoms with Gasteiger partial charge in [-0.1, -0.05) is 36.4 Å². The molecule has 1 aliphatic carbocycles. The second-order valence-corrected chi connectivity index (χ2v) is 5.49. The van der Waals surface area contributed by atoms with Gasteiger partial charge in [-0.15, -0.1) is 0 Å². The molecule has 0 N–H and O–H groups in total. The Kier molecular flexibility index (Phi) is 6.52. The Morgan fingerprint density at radius 2 is 1.54 bits per heavy atom. The van der Waals surface area contributed by atoms with E-state index in [1.165, 1.54) is 21.0 Å². The summed E-state index contributed by atoms with van der Waals surface area (Å²) in [5, 5.41) is 0. The van der Waals surface area contributed by atoms with Crippen molar-refractivity contribution < 1.29 is 28.5 Å². The van der Waals surface area contributed by atoms with Crippen LogP contribution in [0.5, 0.6) is 0 Å². The van der Waals surface area contributed by atoms with Crippen LogP contribution in [0, 0.1) is 0 Å². The molecule has 0 unspecified atom stereocenters. The van der Waals surface area contributed by atoms with Crippen LogP contribution in [0.15, 0.2) is 42.5 Å². The van der Waals surface area contributed by atoms with Gasteiger partial charge in [0.05, 0.1) is 6.61 Å². The molecule has 0 bridgehead atoms. The average molecular weight is 334 g/mol. The van der Waals surface area contributed by atoms with Crippen molar-refractivity contribution in [3.05, 3.63) is 48.0 Å². The van der Waals surface area contributed by atoms with Crippen molar-refractivity contribution in [1.29, 1.82) is 0 Å². The number of benzene rings is 1. The molecule has 0 amide bonds. The molecule has 0 fully saturated rings. The summed E-state index contributed by atoms with van der Waals surface area (Å²) in [6.45, 7) is 2.99. The summed E-state index contributed by atoms with van der Waals surface area (Å²) in [5.41, 5.74) is 1.02. The SMILES string of the molecule is CO[C@H]1[C@H](OC(C)=O)[C@@H](OC(C)=O)C=C[C@H]1OCc1ccccc1. The van der Waals surface area contributed by atoms with E-state index in [1.807, 2.05) is 30.3 Å². The minimum atomic E-state index is -0.762. The van der Waals surface area contributed by atoms with Gasteiger partial charge in [0.15, 0.2) is 12.2 Å². The summed E-state index contributed by atoms with van der Waals surface area (Å²) >= 11 is 0. The van der Waals surface area contributed by atoms with Gasteiger partial charge in [0.25, 0.3) is 0 Å². The Balaban J connectivity index is 2.12. The zero-order valence-corrected chi connectivity index (χ0v) is 14.0. The number of hydrogen-bond donors (Lipinski definition) is 0. The number of hydrogen-bond acceptors (Lipinski definition) is 6. The molecule has 130 valence electrons. The lowest BCUT2D eigenvalue weighted by atomic mass is 9.95. The van der Waals surface area contributed by atoms with Crippen molar-refractivity contribution in [3.63, 3.8) is 0 Å². The lowest BCUT2D eigenvalue weighted by Crippen LogP contribution is -2.51. The van der Waals surface area contributed by atoms with Gasteiger partial charge in [-0.2, -0.15) is 0 Å². The van der Waals surface area contributed by atoms with Gasteiger partial charge in [0.2, 0.25) is 0 Å². The third kappa shape index (κ3) is 4.91. The van der Waals surface area contributed by atoms with Gasteiger partial charge in [-0.25, -0.2) is 0 Å². The van der Waals surface area contributed by atoms with Gasteiger partial charge < -0.3 is 18.9 Å². The number of esters is 2. The zero-order chi connectivity index (χ0) is 17.5. The second-order valence-electron chi connectivity index (χ2n) is 5.49. The van der Waals surface area contributed by atoms with Crippen molar-refractivity contribution in [1.82, 2.24) is 0 Å². The molecule has 0 aromatic heterocycles. The maximum absolute atomic E-state index is 11.4. The first-order chi connectivity index (χ1) is 11.5. The quantitative estimate of drug-likeness (QED) is 0.585. The van der Waals surface area contributed by atoms with Crippen LogP contribution in [0.2, 0.25) is 0 Å². The summed E-state index contributed by atoms with van der Waals surface area (Å²) in [6.07, 6.45) is 0.971. The molecule has 6 nitrogen and oxygen atoms in total.